The summed E-state index contributed by atoms with van der Waals surface area (Å²) < 4.78 is 29.7. The smallest absolute Gasteiger partial charge is 0.320 e. The zero-order valence-electron chi connectivity index (χ0n) is 16.6. The van der Waals surface area contributed by atoms with Crippen LogP contribution in [0.3, 0.4) is 0 Å². The van der Waals surface area contributed by atoms with Crippen LogP contribution < -0.4 is 15.4 Å². The number of carbonyl (C=O) groups is 1. The molecule has 0 aliphatic heterocycles. The Morgan fingerprint density at radius 3 is 2.71 bits per heavy atom. The number of urea groups is 1. The number of aliphatic hydroxyl groups is 1. The molecule has 1 fully saturated rings. The maximum atomic E-state index is 12.7. The number of alkyl halides is 2. The van der Waals surface area contributed by atoms with Crippen LogP contribution in [0.5, 0.6) is 5.88 Å². The molecule has 31 heavy (non-hydrogen) atoms. The summed E-state index contributed by atoms with van der Waals surface area (Å²) in [5.41, 5.74) is 0.277. The Bertz CT molecular complexity index is 1040. The summed E-state index contributed by atoms with van der Waals surface area (Å²) in [4.78, 5) is 16.8. The highest BCUT2D eigenvalue weighted by Gasteiger charge is 2.41. The van der Waals surface area contributed by atoms with Crippen molar-refractivity contribution in [3.63, 3.8) is 0 Å². The second-order valence-electron chi connectivity index (χ2n) is 7.60. The van der Waals surface area contributed by atoms with Gasteiger partial charge in [0.15, 0.2) is 6.61 Å². The van der Waals surface area contributed by atoms with Crippen LogP contribution in [-0.2, 0) is 0 Å². The topological polar surface area (TPSA) is 112 Å². The average molecular weight is 431 g/mol. The number of fused-ring (bicyclic) bond motifs is 1. The van der Waals surface area contributed by atoms with E-state index in [2.05, 4.69) is 25.8 Å². The first kappa shape index (κ1) is 21.0. The Labute approximate surface area is 177 Å². The fourth-order valence-corrected chi connectivity index (χ4v) is 3.94. The molecular weight excluding hydrogens is 408 g/mol. The van der Waals surface area contributed by atoms with Gasteiger partial charge in [-0.2, -0.15) is 0 Å². The highest BCUT2D eigenvalue weighted by molar-refractivity contribution is 5.92. The minimum Gasteiger partial charge on any atom is -0.470 e. The Morgan fingerprint density at radius 1 is 1.26 bits per heavy atom. The van der Waals surface area contributed by atoms with Crippen molar-refractivity contribution in [2.45, 2.75) is 43.8 Å². The van der Waals surface area contributed by atoms with Gasteiger partial charge in [-0.05, 0) is 18.4 Å². The lowest BCUT2D eigenvalue weighted by Crippen LogP contribution is -2.45. The molecule has 164 valence electrons. The van der Waals surface area contributed by atoms with Crippen LogP contribution in [0.15, 0.2) is 42.6 Å². The van der Waals surface area contributed by atoms with Crippen LogP contribution in [0.1, 0.15) is 37.3 Å². The summed E-state index contributed by atoms with van der Waals surface area (Å²) in [5, 5.41) is 23.6. The predicted molar refractivity (Wildman–Crippen MR) is 110 cm³/mol. The minimum atomic E-state index is -2.61. The fourth-order valence-electron chi connectivity index (χ4n) is 3.94. The number of pyridine rings is 1. The molecule has 0 spiro atoms. The molecule has 0 radical (unpaired) electrons. The van der Waals surface area contributed by atoms with Gasteiger partial charge < -0.3 is 15.2 Å². The number of hydrogen-bond acceptors (Lipinski definition) is 5. The number of nitrogens with one attached hydrogen (secondary N) is 3. The number of aromatic nitrogens is 3. The molecule has 1 unspecified atom stereocenters. The molecule has 1 aromatic carbocycles. The van der Waals surface area contributed by atoms with Crippen molar-refractivity contribution in [2.24, 2.45) is 0 Å². The van der Waals surface area contributed by atoms with Gasteiger partial charge in [0, 0.05) is 12.3 Å². The number of nitrogens with zero attached hydrogens (tertiary/aromatic N) is 2. The number of H-pyrrole nitrogens is 1. The quantitative estimate of drug-likeness (QED) is 0.455. The summed E-state index contributed by atoms with van der Waals surface area (Å²) in [6, 6.07) is 9.79. The van der Waals surface area contributed by atoms with Crippen LogP contribution in [0.4, 0.5) is 19.4 Å². The van der Waals surface area contributed by atoms with Crippen molar-refractivity contribution in [1.29, 1.82) is 0 Å². The van der Waals surface area contributed by atoms with Crippen LogP contribution >= 0.6 is 0 Å². The molecule has 2 aromatic heterocycles. The van der Waals surface area contributed by atoms with E-state index >= 15 is 0 Å². The van der Waals surface area contributed by atoms with Gasteiger partial charge in [0.2, 0.25) is 5.88 Å². The lowest BCUT2D eigenvalue weighted by atomic mass is 9.87. The third-order valence-electron chi connectivity index (χ3n) is 5.41. The highest BCUT2D eigenvalue weighted by Crippen LogP contribution is 2.39. The summed E-state index contributed by atoms with van der Waals surface area (Å²) in [5.74, 6) is 0.255. The molecule has 8 nitrogen and oxygen atoms in total. The number of aromatic amines is 1. The number of benzene rings is 1. The first-order chi connectivity index (χ1) is 14.9. The average Bonchev–Trinajstić information content (AvgIpc) is 3.37. The van der Waals surface area contributed by atoms with Crippen molar-refractivity contribution in [3.8, 4) is 5.88 Å². The number of hydrogen-bond donors (Lipinski definition) is 4. The monoisotopic (exact) mass is 431 g/mol. The largest absolute Gasteiger partial charge is 0.470 e. The Morgan fingerprint density at radius 2 is 2.00 bits per heavy atom. The third kappa shape index (κ3) is 4.74. The SMILES string of the molecule is O=C(Nc1cc2[nH]nc(OCC(F)F)c2cn1)NC(c1ccccc1)C1(O)CCCC1. The third-order valence-corrected chi connectivity index (χ3v) is 5.41. The normalized spacial score (nSPS) is 16.4. The molecular formula is C21H23F2N5O3. The molecule has 1 atom stereocenters. The molecule has 1 saturated carbocycles. The van der Waals surface area contributed by atoms with Gasteiger partial charge in [0.05, 0.1) is 22.5 Å². The predicted octanol–water partition coefficient (Wildman–Crippen LogP) is 3.77. The van der Waals surface area contributed by atoms with E-state index < -0.39 is 30.7 Å². The van der Waals surface area contributed by atoms with E-state index in [-0.39, 0.29) is 11.7 Å². The van der Waals surface area contributed by atoms with Gasteiger partial charge in [-0.25, -0.2) is 18.6 Å². The zero-order valence-corrected chi connectivity index (χ0v) is 16.6. The van der Waals surface area contributed by atoms with Gasteiger partial charge in [-0.3, -0.25) is 10.4 Å². The summed E-state index contributed by atoms with van der Waals surface area (Å²) >= 11 is 0. The van der Waals surface area contributed by atoms with Crippen molar-refractivity contribution < 1.29 is 23.4 Å². The molecule has 10 heteroatoms. The highest BCUT2D eigenvalue weighted by atomic mass is 19.3. The van der Waals surface area contributed by atoms with E-state index in [9.17, 15) is 18.7 Å². The molecule has 2 amide bonds. The number of rotatable bonds is 7. The van der Waals surface area contributed by atoms with Gasteiger partial charge in [0.1, 0.15) is 5.82 Å². The molecule has 0 saturated heterocycles. The molecule has 3 aromatic rings. The number of anilines is 1. The summed E-state index contributed by atoms with van der Waals surface area (Å²) in [6.45, 7) is -0.772. The van der Waals surface area contributed by atoms with E-state index in [4.69, 9.17) is 4.74 Å². The maximum absolute atomic E-state index is 12.7. The molecule has 1 aliphatic rings. The maximum Gasteiger partial charge on any atom is 0.320 e. The lowest BCUT2D eigenvalue weighted by molar-refractivity contribution is 0.0113. The Hall–Kier alpha value is -3.27. The van der Waals surface area contributed by atoms with E-state index in [0.29, 0.717) is 23.7 Å². The van der Waals surface area contributed by atoms with E-state index in [1.165, 1.54) is 12.3 Å². The number of amides is 2. The van der Waals surface area contributed by atoms with Gasteiger partial charge in [-0.1, -0.05) is 43.2 Å². The minimum absolute atomic E-state index is 0.0198. The van der Waals surface area contributed by atoms with Gasteiger partial charge >= 0.3 is 6.03 Å². The van der Waals surface area contributed by atoms with Gasteiger partial charge in [0.25, 0.3) is 6.43 Å². The molecule has 2 heterocycles. The Balaban J connectivity index is 1.48. The van der Waals surface area contributed by atoms with Crippen molar-refractivity contribution in [1.82, 2.24) is 20.5 Å². The van der Waals surface area contributed by atoms with E-state index in [1.807, 2.05) is 30.3 Å². The Kier molecular flexibility index (Phi) is 5.99. The molecule has 0 bridgehead atoms. The first-order valence-corrected chi connectivity index (χ1v) is 10.0. The van der Waals surface area contributed by atoms with Crippen molar-refractivity contribution >= 4 is 22.8 Å². The molecule has 4 rings (SSSR count). The van der Waals surface area contributed by atoms with E-state index in [1.54, 1.807) is 0 Å². The summed E-state index contributed by atoms with van der Waals surface area (Å²) in [7, 11) is 0. The van der Waals surface area contributed by atoms with E-state index in [0.717, 1.165) is 18.4 Å². The zero-order chi connectivity index (χ0) is 21.8. The number of ether oxygens (including phenoxy) is 1. The van der Waals surface area contributed by atoms with Crippen LogP contribution in [-0.4, -0.2) is 45.0 Å². The van der Waals surface area contributed by atoms with Crippen molar-refractivity contribution in [3.05, 3.63) is 48.2 Å². The fraction of sp³-hybridized carbons (Fsp3) is 0.381. The second-order valence-corrected chi connectivity index (χ2v) is 7.60. The molecule has 1 aliphatic carbocycles. The first-order valence-electron chi connectivity index (χ1n) is 10.0. The van der Waals surface area contributed by atoms with Crippen LogP contribution in [0.25, 0.3) is 10.9 Å². The van der Waals surface area contributed by atoms with Crippen LogP contribution in [0, 0.1) is 0 Å². The number of carbonyl (C=O) groups excluding carboxylic acids is 1. The lowest BCUT2D eigenvalue weighted by Gasteiger charge is -2.33. The van der Waals surface area contributed by atoms with Crippen molar-refractivity contribution in [2.75, 3.05) is 11.9 Å². The van der Waals surface area contributed by atoms with Crippen LogP contribution in [0.2, 0.25) is 0 Å². The second kappa shape index (κ2) is 8.84. The number of halogens is 2. The molecule has 4 N–H and O–H groups in total. The standard InChI is InChI=1S/C21H23F2N5O3/c22-16(23)12-31-19-14-11-24-17(10-15(14)27-28-19)25-20(29)26-18(13-6-2-1-3-7-13)21(30)8-4-5-9-21/h1-3,6-7,10-11,16,18,30H,4-5,8-9,12H2,(H,27,28)(H2,24,25,26,29). The summed E-state index contributed by atoms with van der Waals surface area (Å²) in [6.07, 6.45) is 1.78. The van der Waals surface area contributed by atoms with Gasteiger partial charge in [-0.15, -0.1) is 5.10 Å².